The Kier molecular flexibility index (Phi) is 7.67. The Labute approximate surface area is 193 Å². The van der Waals surface area contributed by atoms with E-state index in [9.17, 15) is 26.0 Å². The van der Waals surface area contributed by atoms with Gasteiger partial charge in [0.15, 0.2) is 9.84 Å². The largest absolute Gasteiger partial charge is 0.326 e. The van der Waals surface area contributed by atoms with Crippen LogP contribution in [0.4, 0.5) is 10.1 Å². The summed E-state index contributed by atoms with van der Waals surface area (Å²) in [4.78, 5) is 12.2. The summed E-state index contributed by atoms with van der Waals surface area (Å²) >= 11 is 0. The van der Waals surface area contributed by atoms with E-state index >= 15 is 0 Å². The molecule has 0 atom stereocenters. The Balaban J connectivity index is 2.35. The highest BCUT2D eigenvalue weighted by atomic mass is 32.2. The van der Waals surface area contributed by atoms with Crippen molar-refractivity contribution in [3.8, 4) is 6.07 Å². The van der Waals surface area contributed by atoms with Gasteiger partial charge < -0.3 is 5.32 Å². The summed E-state index contributed by atoms with van der Waals surface area (Å²) in [7, 11) is -7.97. The minimum atomic E-state index is -4.28. The number of carbonyl (C=O) groups excluding carboxylic acids is 1. The quantitative estimate of drug-likeness (QED) is 0.575. The van der Waals surface area contributed by atoms with Gasteiger partial charge in [-0.25, -0.2) is 21.2 Å². The molecule has 0 saturated carbocycles. The first-order valence-corrected chi connectivity index (χ1v) is 12.7. The van der Waals surface area contributed by atoms with Gasteiger partial charge in [0, 0.05) is 12.1 Å². The smallest absolute Gasteiger partial charge is 0.261 e. The Bertz CT molecular complexity index is 1320. The Hall–Kier alpha value is -3.23. The van der Waals surface area contributed by atoms with Crippen molar-refractivity contribution in [2.45, 2.75) is 48.2 Å². The second kappa shape index (κ2) is 9.72. The summed E-state index contributed by atoms with van der Waals surface area (Å²) in [6.45, 7) is 8.21. The normalized spacial score (nSPS) is 12.0. The van der Waals surface area contributed by atoms with Gasteiger partial charge >= 0.3 is 0 Å². The highest BCUT2D eigenvalue weighted by Gasteiger charge is 2.31. The number of nitriles is 1. The van der Waals surface area contributed by atoms with Gasteiger partial charge in [-0.05, 0) is 69.7 Å². The van der Waals surface area contributed by atoms with Gasteiger partial charge in [0.2, 0.25) is 0 Å². The molecule has 2 rings (SSSR count). The maximum atomic E-state index is 13.8. The number of sulfone groups is 1. The molecular formula is C22H24FN3O5S2. The second-order valence-corrected chi connectivity index (χ2v) is 12.5. The summed E-state index contributed by atoms with van der Waals surface area (Å²) in [6.07, 6.45) is 0.331. The van der Waals surface area contributed by atoms with Crippen LogP contribution in [0.15, 0.2) is 64.5 Å². The minimum Gasteiger partial charge on any atom is -0.326 e. The van der Waals surface area contributed by atoms with E-state index < -0.39 is 36.3 Å². The van der Waals surface area contributed by atoms with Crippen molar-refractivity contribution in [1.82, 2.24) is 5.32 Å². The van der Waals surface area contributed by atoms with E-state index in [2.05, 4.69) is 16.6 Å². The predicted octanol–water partition coefficient (Wildman–Crippen LogP) is 3.75. The first-order valence-electron chi connectivity index (χ1n) is 9.72. The summed E-state index contributed by atoms with van der Waals surface area (Å²) in [5.74, 6) is -1.51. The monoisotopic (exact) mass is 493 g/mol. The van der Waals surface area contributed by atoms with Crippen LogP contribution in [0.2, 0.25) is 0 Å². The molecule has 1 amide bonds. The number of sulfonamides is 1. The molecule has 11 heteroatoms. The lowest BCUT2D eigenvalue weighted by Gasteiger charge is -2.19. The molecule has 0 aliphatic heterocycles. The molecule has 0 aliphatic rings. The lowest BCUT2D eigenvalue weighted by molar-refractivity contribution is 0.0965. The van der Waals surface area contributed by atoms with Crippen molar-refractivity contribution in [3.05, 3.63) is 66.1 Å². The van der Waals surface area contributed by atoms with Crippen LogP contribution in [0.25, 0.3) is 0 Å². The topological polar surface area (TPSA) is 133 Å². The summed E-state index contributed by atoms with van der Waals surface area (Å²) in [6, 6.07) is 9.45. The number of hydrogen-bond acceptors (Lipinski definition) is 6. The highest BCUT2D eigenvalue weighted by Crippen LogP contribution is 2.27. The number of carbonyl (C=O) groups is 1. The van der Waals surface area contributed by atoms with Crippen LogP contribution < -0.4 is 10.0 Å². The molecule has 2 N–H and O–H groups in total. The molecule has 0 aromatic heterocycles. The molecular weight excluding hydrogens is 469 g/mol. The highest BCUT2D eigenvalue weighted by molar-refractivity contribution is 7.93. The standard InChI is InChI=1S/C22H24FN3O5S2/c1-15(6-5-13-24)25-21(27)19-12-7-16(23)14-20(19)26-33(30,31)18-10-8-17(9-11-18)32(28,29)22(2,3)4/h7-12,14,26H,1,5-6H2,2-4H3,(H,25,27). The zero-order valence-corrected chi connectivity index (χ0v) is 20.0. The van der Waals surface area contributed by atoms with Gasteiger partial charge in [-0.1, -0.05) is 6.58 Å². The van der Waals surface area contributed by atoms with E-state index in [1.165, 1.54) is 32.9 Å². The van der Waals surface area contributed by atoms with E-state index in [0.29, 0.717) is 0 Å². The maximum Gasteiger partial charge on any atom is 0.261 e. The molecule has 0 fully saturated rings. The number of halogens is 1. The fourth-order valence-corrected chi connectivity index (χ4v) is 4.92. The third-order valence-electron chi connectivity index (χ3n) is 4.55. The fourth-order valence-electron chi connectivity index (χ4n) is 2.65. The van der Waals surface area contributed by atoms with Crippen molar-refractivity contribution < 1.29 is 26.0 Å². The third kappa shape index (κ3) is 6.18. The van der Waals surface area contributed by atoms with Crippen molar-refractivity contribution in [3.63, 3.8) is 0 Å². The summed E-state index contributed by atoms with van der Waals surface area (Å²) in [5, 5.41) is 11.1. The number of benzene rings is 2. The van der Waals surface area contributed by atoms with Crippen molar-refractivity contribution in [2.24, 2.45) is 0 Å². The SMILES string of the molecule is C=C(CCC#N)NC(=O)c1ccc(F)cc1NS(=O)(=O)c1ccc(S(=O)(=O)C(C)(C)C)cc1. The lowest BCUT2D eigenvalue weighted by atomic mass is 10.1. The van der Waals surface area contributed by atoms with Crippen LogP contribution in [-0.2, 0) is 19.9 Å². The van der Waals surface area contributed by atoms with Gasteiger partial charge in [-0.3, -0.25) is 9.52 Å². The number of allylic oxidation sites excluding steroid dienone is 1. The number of nitrogens with zero attached hydrogens (tertiary/aromatic N) is 1. The average Bonchev–Trinajstić information content (AvgIpc) is 2.71. The number of rotatable bonds is 8. The predicted molar refractivity (Wildman–Crippen MR) is 122 cm³/mol. The van der Waals surface area contributed by atoms with Crippen LogP contribution >= 0.6 is 0 Å². The van der Waals surface area contributed by atoms with Crippen LogP contribution in [-0.4, -0.2) is 27.5 Å². The summed E-state index contributed by atoms with van der Waals surface area (Å²) < 4.78 is 65.7. The zero-order chi connectivity index (χ0) is 25.0. The first kappa shape index (κ1) is 26.0. The molecule has 0 radical (unpaired) electrons. The fraction of sp³-hybridized carbons (Fsp3) is 0.273. The van der Waals surface area contributed by atoms with Crippen molar-refractivity contribution in [2.75, 3.05) is 4.72 Å². The second-order valence-electron chi connectivity index (χ2n) is 8.10. The van der Waals surface area contributed by atoms with Gasteiger partial charge in [0.05, 0.1) is 31.9 Å². The third-order valence-corrected chi connectivity index (χ3v) is 8.44. The van der Waals surface area contributed by atoms with Gasteiger partial charge in [-0.2, -0.15) is 5.26 Å². The molecule has 0 bridgehead atoms. The van der Waals surface area contributed by atoms with Crippen LogP contribution in [0.3, 0.4) is 0 Å². The maximum absolute atomic E-state index is 13.8. The molecule has 2 aromatic carbocycles. The molecule has 0 saturated heterocycles. The number of anilines is 1. The van der Waals surface area contributed by atoms with Gasteiger partial charge in [0.1, 0.15) is 5.82 Å². The Morgan fingerprint density at radius 1 is 1.06 bits per heavy atom. The molecule has 33 heavy (non-hydrogen) atoms. The van der Waals surface area contributed by atoms with Gasteiger partial charge in [-0.15, -0.1) is 0 Å². The van der Waals surface area contributed by atoms with E-state index in [0.717, 1.165) is 30.3 Å². The number of nitrogens with one attached hydrogen (secondary N) is 2. The van der Waals surface area contributed by atoms with E-state index in [1.54, 1.807) is 0 Å². The Morgan fingerprint density at radius 3 is 2.18 bits per heavy atom. The van der Waals surface area contributed by atoms with Crippen molar-refractivity contribution >= 4 is 31.5 Å². The number of hydrogen-bond donors (Lipinski definition) is 2. The summed E-state index contributed by atoms with van der Waals surface area (Å²) in [5.41, 5.74) is -0.229. The number of amides is 1. The zero-order valence-electron chi connectivity index (χ0n) is 18.3. The van der Waals surface area contributed by atoms with E-state index in [4.69, 9.17) is 5.26 Å². The molecule has 176 valence electrons. The molecule has 0 aliphatic carbocycles. The molecule has 2 aromatic rings. The van der Waals surface area contributed by atoms with E-state index in [-0.39, 0.29) is 39.6 Å². The first-order chi connectivity index (χ1) is 15.2. The minimum absolute atomic E-state index is 0.0457. The van der Waals surface area contributed by atoms with Crippen LogP contribution in [0, 0.1) is 17.1 Å². The lowest BCUT2D eigenvalue weighted by Crippen LogP contribution is -2.28. The van der Waals surface area contributed by atoms with Crippen LogP contribution in [0.1, 0.15) is 44.0 Å². The van der Waals surface area contributed by atoms with Gasteiger partial charge in [0.25, 0.3) is 15.9 Å². The van der Waals surface area contributed by atoms with Crippen molar-refractivity contribution in [1.29, 1.82) is 5.26 Å². The molecule has 0 heterocycles. The average molecular weight is 494 g/mol. The molecule has 8 nitrogen and oxygen atoms in total. The molecule has 0 unspecified atom stereocenters. The van der Waals surface area contributed by atoms with Crippen LogP contribution in [0.5, 0.6) is 0 Å². The molecule has 0 spiro atoms. The van der Waals surface area contributed by atoms with E-state index in [1.807, 2.05) is 6.07 Å². The Morgan fingerprint density at radius 2 is 1.64 bits per heavy atom.